The van der Waals surface area contributed by atoms with E-state index in [2.05, 4.69) is 15.2 Å². The van der Waals surface area contributed by atoms with Crippen LogP contribution >= 0.6 is 23.1 Å². The second-order valence-electron chi connectivity index (χ2n) is 6.09. The highest BCUT2D eigenvalue weighted by molar-refractivity contribution is 7.98. The number of thiazole rings is 1. The predicted molar refractivity (Wildman–Crippen MR) is 112 cm³/mol. The Labute approximate surface area is 176 Å². The van der Waals surface area contributed by atoms with Crippen molar-refractivity contribution >= 4 is 29.1 Å². The molecule has 8 heteroatoms. The third-order valence-corrected chi connectivity index (χ3v) is 5.89. The number of hydrogen-bond donors (Lipinski definition) is 0. The fourth-order valence-corrected chi connectivity index (χ4v) is 4.25. The lowest BCUT2D eigenvalue weighted by Crippen LogP contribution is -2.07. The minimum Gasteiger partial charge on any atom is -0.452 e. The summed E-state index contributed by atoms with van der Waals surface area (Å²) < 4.78 is 11.0. The van der Waals surface area contributed by atoms with Crippen molar-refractivity contribution in [2.75, 3.05) is 0 Å². The van der Waals surface area contributed by atoms with Crippen molar-refractivity contribution in [1.29, 1.82) is 0 Å². The average Bonchev–Trinajstić information content (AvgIpc) is 3.40. The van der Waals surface area contributed by atoms with E-state index >= 15 is 0 Å². The van der Waals surface area contributed by atoms with Gasteiger partial charge in [-0.1, -0.05) is 30.3 Å². The van der Waals surface area contributed by atoms with E-state index in [0.717, 1.165) is 21.2 Å². The van der Waals surface area contributed by atoms with Crippen molar-refractivity contribution in [1.82, 2.24) is 15.2 Å². The smallest absolute Gasteiger partial charge is 0.339 e. The molecule has 0 unspecified atom stereocenters. The molecular weight excluding hydrogens is 406 g/mol. The second kappa shape index (κ2) is 9.02. The Morgan fingerprint density at radius 1 is 1.10 bits per heavy atom. The number of ether oxygens (including phenoxy) is 1. The van der Waals surface area contributed by atoms with E-state index < -0.39 is 5.97 Å². The van der Waals surface area contributed by atoms with Gasteiger partial charge in [-0.15, -0.1) is 33.3 Å². The van der Waals surface area contributed by atoms with Gasteiger partial charge in [0.15, 0.2) is 6.61 Å². The maximum Gasteiger partial charge on any atom is 0.339 e. The molecule has 0 radical (unpaired) electrons. The van der Waals surface area contributed by atoms with Crippen LogP contribution in [0.5, 0.6) is 0 Å². The molecular formula is C21H17N3O3S2. The first-order valence-corrected chi connectivity index (χ1v) is 10.7. The molecule has 2 heterocycles. The second-order valence-corrected chi connectivity index (χ2v) is 8.17. The lowest BCUT2D eigenvalue weighted by atomic mass is 10.2. The highest BCUT2D eigenvalue weighted by atomic mass is 32.2. The number of carbonyl (C=O) groups is 1. The van der Waals surface area contributed by atoms with E-state index in [1.807, 2.05) is 60.8 Å². The summed E-state index contributed by atoms with van der Waals surface area (Å²) in [4.78, 5) is 17.9. The molecule has 0 atom stereocenters. The summed E-state index contributed by atoms with van der Waals surface area (Å²) >= 11 is 3.17. The third kappa shape index (κ3) is 4.90. The maximum absolute atomic E-state index is 12.6. The highest BCUT2D eigenvalue weighted by Crippen LogP contribution is 2.27. The van der Waals surface area contributed by atoms with E-state index in [-0.39, 0.29) is 12.5 Å². The summed E-state index contributed by atoms with van der Waals surface area (Å²) in [6.07, 6.45) is 0. The molecule has 0 aliphatic rings. The standard InChI is InChI=1S/C21H17N3O3S2/c1-14-22-16(12-28-14)13-29-18-10-6-5-9-17(18)21(25)26-11-19-23-24-20(27-19)15-7-3-2-4-8-15/h2-10,12H,11,13H2,1H3. The number of rotatable bonds is 7. The van der Waals surface area contributed by atoms with E-state index in [1.165, 1.54) is 0 Å². The van der Waals surface area contributed by atoms with Crippen LogP contribution in [0.15, 0.2) is 69.3 Å². The van der Waals surface area contributed by atoms with Gasteiger partial charge in [-0.3, -0.25) is 0 Å². The average molecular weight is 424 g/mol. The molecule has 6 nitrogen and oxygen atoms in total. The fourth-order valence-electron chi connectivity index (χ4n) is 2.60. The molecule has 0 spiro atoms. The van der Waals surface area contributed by atoms with Crippen LogP contribution in [-0.2, 0) is 17.1 Å². The van der Waals surface area contributed by atoms with Gasteiger partial charge in [0.25, 0.3) is 5.89 Å². The topological polar surface area (TPSA) is 78.1 Å². The molecule has 0 saturated heterocycles. The molecule has 0 aliphatic heterocycles. The normalized spacial score (nSPS) is 10.8. The van der Waals surface area contributed by atoms with Crippen LogP contribution in [0.25, 0.3) is 11.5 Å². The SMILES string of the molecule is Cc1nc(CSc2ccccc2C(=O)OCc2nnc(-c3ccccc3)o2)cs1. The lowest BCUT2D eigenvalue weighted by molar-refractivity contribution is 0.0434. The zero-order valence-corrected chi connectivity index (χ0v) is 17.2. The van der Waals surface area contributed by atoms with Gasteiger partial charge in [0, 0.05) is 21.6 Å². The molecule has 2 aromatic heterocycles. The maximum atomic E-state index is 12.6. The molecule has 0 saturated carbocycles. The summed E-state index contributed by atoms with van der Waals surface area (Å²) in [5.74, 6) is 0.909. The fraction of sp³-hybridized carbons (Fsp3) is 0.143. The Hall–Kier alpha value is -2.97. The first-order chi connectivity index (χ1) is 14.2. The summed E-state index contributed by atoms with van der Waals surface area (Å²) in [6, 6.07) is 16.8. The zero-order valence-electron chi connectivity index (χ0n) is 15.6. The zero-order chi connectivity index (χ0) is 20.1. The molecule has 2 aromatic carbocycles. The highest BCUT2D eigenvalue weighted by Gasteiger charge is 2.16. The number of thioether (sulfide) groups is 1. The van der Waals surface area contributed by atoms with Gasteiger partial charge in [-0.2, -0.15) is 0 Å². The summed E-state index contributed by atoms with van der Waals surface area (Å²) in [7, 11) is 0. The Bertz CT molecular complexity index is 1110. The van der Waals surface area contributed by atoms with Crippen LogP contribution in [0.3, 0.4) is 0 Å². The van der Waals surface area contributed by atoms with Crippen LogP contribution in [-0.4, -0.2) is 21.2 Å². The summed E-state index contributed by atoms with van der Waals surface area (Å²) in [6.45, 7) is 1.90. The Kier molecular flexibility index (Phi) is 6.02. The van der Waals surface area contributed by atoms with Crippen LogP contribution in [0.2, 0.25) is 0 Å². The number of esters is 1. The van der Waals surface area contributed by atoms with Crippen LogP contribution in [0, 0.1) is 6.92 Å². The van der Waals surface area contributed by atoms with Gasteiger partial charge >= 0.3 is 5.97 Å². The minimum atomic E-state index is -0.429. The predicted octanol–water partition coefficient (Wildman–Crippen LogP) is 5.15. The van der Waals surface area contributed by atoms with Gasteiger partial charge in [0.2, 0.25) is 5.89 Å². The van der Waals surface area contributed by atoms with E-state index in [0.29, 0.717) is 17.2 Å². The molecule has 4 aromatic rings. The van der Waals surface area contributed by atoms with Crippen molar-refractivity contribution in [3.63, 3.8) is 0 Å². The van der Waals surface area contributed by atoms with Crippen molar-refractivity contribution in [2.45, 2.75) is 24.2 Å². The van der Waals surface area contributed by atoms with Crippen LogP contribution in [0.1, 0.15) is 27.0 Å². The van der Waals surface area contributed by atoms with E-state index in [4.69, 9.17) is 9.15 Å². The number of aryl methyl sites for hydroxylation is 1. The van der Waals surface area contributed by atoms with Gasteiger partial charge in [-0.05, 0) is 31.2 Å². The molecule has 0 aliphatic carbocycles. The molecule has 146 valence electrons. The molecule has 0 amide bonds. The lowest BCUT2D eigenvalue weighted by Gasteiger charge is -2.07. The van der Waals surface area contributed by atoms with Crippen molar-refractivity contribution in [2.24, 2.45) is 0 Å². The quantitative estimate of drug-likeness (QED) is 0.300. The van der Waals surface area contributed by atoms with Gasteiger partial charge in [-0.25, -0.2) is 9.78 Å². The summed E-state index contributed by atoms with van der Waals surface area (Å²) in [5, 5.41) is 11.0. The van der Waals surface area contributed by atoms with Crippen LogP contribution < -0.4 is 0 Å². The van der Waals surface area contributed by atoms with E-state index in [9.17, 15) is 4.79 Å². The van der Waals surface area contributed by atoms with Crippen molar-refractivity contribution in [3.8, 4) is 11.5 Å². The number of nitrogens with zero attached hydrogens (tertiary/aromatic N) is 3. The molecule has 4 rings (SSSR count). The van der Waals surface area contributed by atoms with Crippen LogP contribution in [0.4, 0.5) is 0 Å². The van der Waals surface area contributed by atoms with E-state index in [1.54, 1.807) is 29.2 Å². The Morgan fingerprint density at radius 2 is 1.90 bits per heavy atom. The molecule has 29 heavy (non-hydrogen) atoms. The number of carbonyl (C=O) groups excluding carboxylic acids is 1. The largest absolute Gasteiger partial charge is 0.452 e. The monoisotopic (exact) mass is 423 g/mol. The Morgan fingerprint density at radius 3 is 2.69 bits per heavy atom. The molecule has 0 bridgehead atoms. The number of hydrogen-bond acceptors (Lipinski definition) is 8. The molecule has 0 fully saturated rings. The van der Waals surface area contributed by atoms with Gasteiger partial charge < -0.3 is 9.15 Å². The first kappa shape index (κ1) is 19.4. The van der Waals surface area contributed by atoms with Crippen molar-refractivity contribution < 1.29 is 13.9 Å². The number of aromatic nitrogens is 3. The summed E-state index contributed by atoms with van der Waals surface area (Å²) in [5.41, 5.74) is 2.32. The van der Waals surface area contributed by atoms with Gasteiger partial charge in [0.1, 0.15) is 0 Å². The Balaban J connectivity index is 1.39. The first-order valence-electron chi connectivity index (χ1n) is 8.87. The third-order valence-electron chi connectivity index (χ3n) is 3.96. The molecule has 0 N–H and O–H groups in total. The minimum absolute atomic E-state index is 0.0804. The van der Waals surface area contributed by atoms with Crippen molar-refractivity contribution in [3.05, 3.63) is 82.1 Å². The van der Waals surface area contributed by atoms with Gasteiger partial charge in [0.05, 0.1) is 16.3 Å². The number of benzene rings is 2.